The molecule has 0 radical (unpaired) electrons. The second kappa shape index (κ2) is 7.45. The first-order valence-corrected chi connectivity index (χ1v) is 8.89. The van der Waals surface area contributed by atoms with Gasteiger partial charge in [0.05, 0.1) is 11.9 Å². The molecule has 0 spiro atoms. The molecule has 0 saturated heterocycles. The fraction of sp³-hybridized carbons (Fsp3) is 0.533. The molecule has 0 heterocycles. The van der Waals surface area contributed by atoms with Gasteiger partial charge in [0, 0.05) is 13.6 Å². The number of nitrogens with zero attached hydrogens (tertiary/aromatic N) is 2. The molecule has 0 unspecified atom stereocenters. The van der Waals surface area contributed by atoms with Crippen LogP contribution in [0.25, 0.3) is 0 Å². The highest BCUT2D eigenvalue weighted by atomic mass is 32.2. The molecule has 0 aromatic heterocycles. The number of hydrogen-bond donors (Lipinski definition) is 0. The fourth-order valence-corrected chi connectivity index (χ4v) is 2.79. The summed E-state index contributed by atoms with van der Waals surface area (Å²) in [7, 11) is -1.79. The van der Waals surface area contributed by atoms with Crippen LogP contribution in [0.1, 0.15) is 25.3 Å². The Labute approximate surface area is 127 Å². The number of benzene rings is 1. The van der Waals surface area contributed by atoms with Crippen LogP contribution >= 0.6 is 0 Å². The molecule has 118 valence electrons. The number of hydrogen-bond acceptors (Lipinski definition) is 3. The highest BCUT2D eigenvalue weighted by Gasteiger charge is 2.22. The van der Waals surface area contributed by atoms with E-state index in [0.29, 0.717) is 12.2 Å². The van der Waals surface area contributed by atoms with Gasteiger partial charge in [-0.1, -0.05) is 25.5 Å². The minimum absolute atomic E-state index is 0.164. The van der Waals surface area contributed by atoms with Gasteiger partial charge in [0.25, 0.3) is 0 Å². The number of likely N-dealkylation sites (N-methyl/N-ethyl adjacent to an activating group) is 1. The van der Waals surface area contributed by atoms with Crippen LogP contribution in [-0.2, 0) is 14.8 Å². The van der Waals surface area contributed by atoms with E-state index in [2.05, 4.69) is 0 Å². The Hall–Kier alpha value is -1.56. The zero-order valence-electron chi connectivity index (χ0n) is 13.2. The van der Waals surface area contributed by atoms with Gasteiger partial charge < -0.3 is 4.90 Å². The average molecular weight is 312 g/mol. The van der Waals surface area contributed by atoms with Crippen LogP contribution in [0.15, 0.2) is 24.3 Å². The van der Waals surface area contributed by atoms with Crippen LogP contribution in [0.2, 0.25) is 0 Å². The molecule has 0 N–H and O–H groups in total. The normalized spacial score (nSPS) is 11.2. The lowest BCUT2D eigenvalue weighted by atomic mass is 10.2. The summed E-state index contributed by atoms with van der Waals surface area (Å²) in [5, 5.41) is 0. The standard InChI is InChI=1S/C15H24N2O3S/c1-5-6-10-16(3)15(18)12-17(21(4,19)20)14-9-7-8-13(2)11-14/h7-9,11H,5-6,10,12H2,1-4H3. The summed E-state index contributed by atoms with van der Waals surface area (Å²) in [6.07, 6.45) is 3.02. The van der Waals surface area contributed by atoms with E-state index in [0.717, 1.165) is 29.0 Å². The van der Waals surface area contributed by atoms with Gasteiger partial charge >= 0.3 is 0 Å². The maximum atomic E-state index is 12.2. The molecule has 0 aliphatic carbocycles. The van der Waals surface area contributed by atoms with Crippen molar-refractivity contribution >= 4 is 21.6 Å². The van der Waals surface area contributed by atoms with Gasteiger partial charge in [-0.05, 0) is 31.0 Å². The molecular weight excluding hydrogens is 288 g/mol. The van der Waals surface area contributed by atoms with E-state index >= 15 is 0 Å². The molecular formula is C15H24N2O3S. The minimum Gasteiger partial charge on any atom is -0.344 e. The lowest BCUT2D eigenvalue weighted by Crippen LogP contribution is -2.41. The van der Waals surface area contributed by atoms with Gasteiger partial charge in [-0.15, -0.1) is 0 Å². The van der Waals surface area contributed by atoms with Gasteiger partial charge in [-0.25, -0.2) is 8.42 Å². The quantitative estimate of drug-likeness (QED) is 0.774. The Morgan fingerprint density at radius 3 is 2.48 bits per heavy atom. The molecule has 1 aromatic carbocycles. The molecule has 6 heteroatoms. The van der Waals surface area contributed by atoms with E-state index in [-0.39, 0.29) is 12.5 Å². The van der Waals surface area contributed by atoms with Gasteiger partial charge in [0.15, 0.2) is 0 Å². The van der Waals surface area contributed by atoms with Gasteiger partial charge in [-0.2, -0.15) is 0 Å². The predicted molar refractivity (Wildman–Crippen MR) is 85.9 cm³/mol. The molecule has 1 amide bonds. The predicted octanol–water partition coefficient (Wildman–Crippen LogP) is 2.02. The molecule has 0 aliphatic heterocycles. The van der Waals surface area contributed by atoms with Crippen LogP contribution in [0.3, 0.4) is 0 Å². The first-order valence-electron chi connectivity index (χ1n) is 7.04. The van der Waals surface area contributed by atoms with Crippen LogP contribution in [-0.4, -0.2) is 45.6 Å². The van der Waals surface area contributed by atoms with Crippen molar-refractivity contribution in [2.24, 2.45) is 0 Å². The Bertz CT molecular complexity index is 584. The molecule has 5 nitrogen and oxygen atoms in total. The van der Waals surface area contributed by atoms with Crippen molar-refractivity contribution in [3.8, 4) is 0 Å². The van der Waals surface area contributed by atoms with Crippen molar-refractivity contribution in [2.45, 2.75) is 26.7 Å². The second-order valence-electron chi connectivity index (χ2n) is 5.28. The van der Waals surface area contributed by atoms with Gasteiger partial charge in [0.1, 0.15) is 6.54 Å². The number of anilines is 1. The number of carbonyl (C=O) groups excluding carboxylic acids is 1. The molecule has 1 aromatic rings. The summed E-state index contributed by atoms with van der Waals surface area (Å²) in [4.78, 5) is 13.8. The Morgan fingerprint density at radius 1 is 1.29 bits per heavy atom. The lowest BCUT2D eigenvalue weighted by molar-refractivity contribution is -0.128. The summed E-state index contributed by atoms with van der Waals surface area (Å²) in [6.45, 7) is 4.41. The number of sulfonamides is 1. The number of carbonyl (C=O) groups is 1. The third-order valence-electron chi connectivity index (χ3n) is 3.24. The van der Waals surface area contributed by atoms with E-state index in [1.54, 1.807) is 30.1 Å². The summed E-state index contributed by atoms with van der Waals surface area (Å²) < 4.78 is 25.1. The van der Waals surface area contributed by atoms with Crippen molar-refractivity contribution in [3.05, 3.63) is 29.8 Å². The highest BCUT2D eigenvalue weighted by molar-refractivity contribution is 7.92. The van der Waals surface area contributed by atoms with Crippen LogP contribution < -0.4 is 4.31 Å². The molecule has 21 heavy (non-hydrogen) atoms. The van der Waals surface area contributed by atoms with Crippen molar-refractivity contribution in [1.82, 2.24) is 4.90 Å². The minimum atomic E-state index is -3.50. The van der Waals surface area contributed by atoms with Crippen LogP contribution in [0.5, 0.6) is 0 Å². The summed E-state index contributed by atoms with van der Waals surface area (Å²) in [5.74, 6) is -0.199. The fourth-order valence-electron chi connectivity index (χ4n) is 1.95. The van der Waals surface area contributed by atoms with Crippen molar-refractivity contribution < 1.29 is 13.2 Å². The van der Waals surface area contributed by atoms with Crippen molar-refractivity contribution in [3.63, 3.8) is 0 Å². The number of rotatable bonds is 7. The lowest BCUT2D eigenvalue weighted by Gasteiger charge is -2.25. The average Bonchev–Trinajstić information content (AvgIpc) is 2.40. The zero-order valence-corrected chi connectivity index (χ0v) is 14.0. The molecule has 0 aliphatic rings. The molecule has 0 saturated carbocycles. The van der Waals surface area contributed by atoms with Crippen LogP contribution in [0.4, 0.5) is 5.69 Å². The monoisotopic (exact) mass is 312 g/mol. The topological polar surface area (TPSA) is 57.7 Å². The van der Waals surface area contributed by atoms with E-state index in [4.69, 9.17) is 0 Å². The first-order chi connectivity index (χ1) is 9.75. The summed E-state index contributed by atoms with van der Waals surface area (Å²) in [6, 6.07) is 7.14. The molecule has 0 fully saturated rings. The maximum Gasteiger partial charge on any atom is 0.243 e. The van der Waals surface area contributed by atoms with E-state index in [1.165, 1.54) is 0 Å². The highest BCUT2D eigenvalue weighted by Crippen LogP contribution is 2.18. The maximum absolute atomic E-state index is 12.2. The van der Waals surface area contributed by atoms with Crippen molar-refractivity contribution in [1.29, 1.82) is 0 Å². The van der Waals surface area contributed by atoms with Crippen molar-refractivity contribution in [2.75, 3.05) is 30.7 Å². The number of unbranched alkanes of at least 4 members (excludes halogenated alkanes) is 1. The largest absolute Gasteiger partial charge is 0.344 e. The van der Waals surface area contributed by atoms with Gasteiger partial charge in [-0.3, -0.25) is 9.10 Å². The SMILES string of the molecule is CCCCN(C)C(=O)CN(c1cccc(C)c1)S(C)(=O)=O. The van der Waals surface area contributed by atoms with Gasteiger partial charge in [0.2, 0.25) is 15.9 Å². The molecule has 0 atom stereocenters. The molecule has 0 bridgehead atoms. The number of aryl methyl sites for hydroxylation is 1. The Balaban J connectivity index is 2.93. The Kier molecular flexibility index (Phi) is 6.20. The third-order valence-corrected chi connectivity index (χ3v) is 4.38. The van der Waals surface area contributed by atoms with E-state index in [9.17, 15) is 13.2 Å². The first kappa shape index (κ1) is 17.5. The van der Waals surface area contributed by atoms with Crippen LogP contribution in [0, 0.1) is 6.92 Å². The summed E-state index contributed by atoms with van der Waals surface area (Å²) in [5.41, 5.74) is 1.47. The van der Waals surface area contributed by atoms with E-state index in [1.807, 2.05) is 19.9 Å². The second-order valence-corrected chi connectivity index (χ2v) is 7.18. The smallest absolute Gasteiger partial charge is 0.243 e. The Morgan fingerprint density at radius 2 is 1.95 bits per heavy atom. The molecule has 1 rings (SSSR count). The zero-order chi connectivity index (χ0) is 16.0. The van der Waals surface area contributed by atoms with E-state index < -0.39 is 10.0 Å². The third kappa shape index (κ3) is 5.38. The number of amides is 1. The summed E-state index contributed by atoms with van der Waals surface area (Å²) >= 11 is 0.